The molecule has 2 aliphatic rings. The molecule has 84 valence electrons. The van der Waals surface area contributed by atoms with E-state index < -0.39 is 0 Å². The molecule has 1 aliphatic heterocycles. The number of rotatable bonds is 1. The summed E-state index contributed by atoms with van der Waals surface area (Å²) < 4.78 is 0. The predicted molar refractivity (Wildman–Crippen MR) is 69.7 cm³/mol. The molecule has 1 heterocycles. The molecule has 3 rings (SSSR count). The van der Waals surface area contributed by atoms with Gasteiger partial charge in [-0.3, -0.25) is 0 Å². The van der Waals surface area contributed by atoms with Gasteiger partial charge in [0.05, 0.1) is 0 Å². The summed E-state index contributed by atoms with van der Waals surface area (Å²) in [6.45, 7) is 1.10. The molecule has 1 aromatic carbocycles. The number of benzene rings is 1. The van der Waals surface area contributed by atoms with Gasteiger partial charge in [0.1, 0.15) is 0 Å². The second-order valence-electron chi connectivity index (χ2n) is 4.91. The van der Waals surface area contributed by atoms with Crippen LogP contribution in [0.3, 0.4) is 0 Å². The zero-order valence-electron chi connectivity index (χ0n) is 9.73. The molecule has 16 heavy (non-hydrogen) atoms. The lowest BCUT2D eigenvalue weighted by molar-refractivity contribution is 0.421. The van der Waals surface area contributed by atoms with E-state index in [4.69, 9.17) is 0 Å². The SMILES string of the molecule is C1=Cc2ccccc2N(C2CCCCC2)C1. The number of anilines is 1. The lowest BCUT2D eigenvalue weighted by Crippen LogP contribution is -2.38. The molecule has 1 nitrogen and oxygen atoms in total. The fraction of sp³-hybridized carbons (Fsp3) is 0.467. The molecule has 0 atom stereocenters. The molecule has 0 amide bonds. The Kier molecular flexibility index (Phi) is 2.69. The molecule has 1 aliphatic carbocycles. The van der Waals surface area contributed by atoms with Crippen LogP contribution < -0.4 is 4.90 Å². The Morgan fingerprint density at radius 2 is 1.81 bits per heavy atom. The molecule has 0 spiro atoms. The summed E-state index contributed by atoms with van der Waals surface area (Å²) in [7, 11) is 0. The molecule has 0 aromatic heterocycles. The fourth-order valence-electron chi connectivity index (χ4n) is 3.02. The third-order valence-corrected chi connectivity index (χ3v) is 3.86. The van der Waals surface area contributed by atoms with Crippen LogP contribution in [0.15, 0.2) is 30.3 Å². The summed E-state index contributed by atoms with van der Waals surface area (Å²) >= 11 is 0. The minimum absolute atomic E-state index is 0.778. The second-order valence-corrected chi connectivity index (χ2v) is 4.91. The molecular formula is C15H19N. The van der Waals surface area contributed by atoms with E-state index in [-0.39, 0.29) is 0 Å². The van der Waals surface area contributed by atoms with Gasteiger partial charge in [0.15, 0.2) is 0 Å². The maximum absolute atomic E-state index is 2.61. The topological polar surface area (TPSA) is 3.24 Å². The molecule has 0 N–H and O–H groups in total. The summed E-state index contributed by atoms with van der Waals surface area (Å²) in [5.41, 5.74) is 2.83. The van der Waals surface area contributed by atoms with Crippen molar-refractivity contribution in [1.29, 1.82) is 0 Å². The molecule has 1 fully saturated rings. The van der Waals surface area contributed by atoms with Crippen LogP contribution in [-0.2, 0) is 0 Å². The minimum Gasteiger partial charge on any atom is -0.364 e. The summed E-state index contributed by atoms with van der Waals surface area (Å²) in [6.07, 6.45) is 11.6. The van der Waals surface area contributed by atoms with Crippen molar-refractivity contribution in [2.24, 2.45) is 0 Å². The van der Waals surface area contributed by atoms with E-state index in [1.54, 1.807) is 0 Å². The molecule has 0 saturated heterocycles. The summed E-state index contributed by atoms with van der Waals surface area (Å²) in [4.78, 5) is 2.61. The molecule has 0 unspecified atom stereocenters. The Morgan fingerprint density at radius 3 is 2.69 bits per heavy atom. The van der Waals surface area contributed by atoms with Crippen molar-refractivity contribution >= 4 is 11.8 Å². The molecule has 0 bridgehead atoms. The number of para-hydroxylation sites is 1. The van der Waals surface area contributed by atoms with Gasteiger partial charge in [-0.25, -0.2) is 0 Å². The largest absolute Gasteiger partial charge is 0.364 e. The molecule has 1 heteroatoms. The van der Waals surface area contributed by atoms with Gasteiger partial charge in [-0.15, -0.1) is 0 Å². The Bertz CT molecular complexity index is 388. The van der Waals surface area contributed by atoms with Crippen LogP contribution in [0.25, 0.3) is 6.08 Å². The number of hydrogen-bond donors (Lipinski definition) is 0. The smallest absolute Gasteiger partial charge is 0.0445 e. The van der Waals surface area contributed by atoms with Crippen LogP contribution in [0.4, 0.5) is 5.69 Å². The van der Waals surface area contributed by atoms with Crippen molar-refractivity contribution in [2.75, 3.05) is 11.4 Å². The predicted octanol–water partition coefficient (Wildman–Crippen LogP) is 3.85. The average Bonchev–Trinajstić information content (AvgIpc) is 2.39. The monoisotopic (exact) mass is 213 g/mol. The van der Waals surface area contributed by atoms with Crippen LogP contribution in [0.1, 0.15) is 37.7 Å². The van der Waals surface area contributed by atoms with E-state index in [0.717, 1.165) is 12.6 Å². The Hall–Kier alpha value is -1.24. The van der Waals surface area contributed by atoms with Crippen molar-refractivity contribution < 1.29 is 0 Å². The van der Waals surface area contributed by atoms with Crippen molar-refractivity contribution in [3.05, 3.63) is 35.9 Å². The van der Waals surface area contributed by atoms with Gasteiger partial charge in [0.25, 0.3) is 0 Å². The Morgan fingerprint density at radius 1 is 1.00 bits per heavy atom. The van der Waals surface area contributed by atoms with Gasteiger partial charge in [-0.05, 0) is 24.5 Å². The summed E-state index contributed by atoms with van der Waals surface area (Å²) in [5, 5.41) is 0. The van der Waals surface area contributed by atoms with E-state index in [1.807, 2.05) is 0 Å². The van der Waals surface area contributed by atoms with E-state index >= 15 is 0 Å². The van der Waals surface area contributed by atoms with Gasteiger partial charge in [0, 0.05) is 18.3 Å². The third kappa shape index (κ3) is 1.75. The summed E-state index contributed by atoms with van der Waals surface area (Å²) in [6, 6.07) is 9.56. The van der Waals surface area contributed by atoms with Crippen LogP contribution in [-0.4, -0.2) is 12.6 Å². The highest BCUT2D eigenvalue weighted by atomic mass is 15.2. The number of fused-ring (bicyclic) bond motifs is 1. The average molecular weight is 213 g/mol. The van der Waals surface area contributed by atoms with Crippen molar-refractivity contribution in [3.63, 3.8) is 0 Å². The Labute approximate surface area is 97.8 Å². The molecule has 1 aromatic rings. The van der Waals surface area contributed by atoms with E-state index in [2.05, 4.69) is 41.3 Å². The lowest BCUT2D eigenvalue weighted by atomic mass is 9.92. The number of nitrogens with zero attached hydrogens (tertiary/aromatic N) is 1. The lowest BCUT2D eigenvalue weighted by Gasteiger charge is -2.38. The van der Waals surface area contributed by atoms with Crippen molar-refractivity contribution in [3.8, 4) is 0 Å². The van der Waals surface area contributed by atoms with Crippen LogP contribution in [0.2, 0.25) is 0 Å². The first-order valence-electron chi connectivity index (χ1n) is 6.47. The fourth-order valence-corrected chi connectivity index (χ4v) is 3.02. The van der Waals surface area contributed by atoms with Gasteiger partial charge in [-0.1, -0.05) is 49.6 Å². The first-order chi connectivity index (χ1) is 7.95. The first kappa shape index (κ1) is 9.95. The zero-order chi connectivity index (χ0) is 10.8. The Balaban J connectivity index is 1.88. The normalized spacial score (nSPS) is 20.9. The van der Waals surface area contributed by atoms with Crippen molar-refractivity contribution in [1.82, 2.24) is 0 Å². The van der Waals surface area contributed by atoms with Crippen LogP contribution in [0, 0.1) is 0 Å². The first-order valence-corrected chi connectivity index (χ1v) is 6.47. The third-order valence-electron chi connectivity index (χ3n) is 3.86. The van der Waals surface area contributed by atoms with Crippen LogP contribution >= 0.6 is 0 Å². The highest BCUT2D eigenvalue weighted by Crippen LogP contribution is 2.32. The highest BCUT2D eigenvalue weighted by Gasteiger charge is 2.23. The standard InChI is InChI=1S/C15H19N/c1-2-9-14(10-3-1)16-12-6-8-13-7-4-5-11-15(13)16/h4-8,11,14H,1-3,9-10,12H2. The molecule has 0 radical (unpaired) electrons. The van der Waals surface area contributed by atoms with Crippen molar-refractivity contribution in [2.45, 2.75) is 38.1 Å². The van der Waals surface area contributed by atoms with Crippen LogP contribution in [0.5, 0.6) is 0 Å². The van der Waals surface area contributed by atoms with Gasteiger partial charge in [-0.2, -0.15) is 0 Å². The molecular weight excluding hydrogens is 194 g/mol. The number of hydrogen-bond acceptors (Lipinski definition) is 1. The van der Waals surface area contributed by atoms with E-state index in [9.17, 15) is 0 Å². The zero-order valence-corrected chi connectivity index (χ0v) is 9.73. The summed E-state index contributed by atoms with van der Waals surface area (Å²) in [5.74, 6) is 0. The maximum Gasteiger partial charge on any atom is 0.0445 e. The van der Waals surface area contributed by atoms with Gasteiger partial charge < -0.3 is 4.90 Å². The van der Waals surface area contributed by atoms with Gasteiger partial charge in [0.2, 0.25) is 0 Å². The minimum atomic E-state index is 0.778. The second kappa shape index (κ2) is 4.32. The highest BCUT2D eigenvalue weighted by molar-refractivity contribution is 5.71. The van der Waals surface area contributed by atoms with E-state index in [0.29, 0.717) is 0 Å². The van der Waals surface area contributed by atoms with E-state index in [1.165, 1.54) is 43.4 Å². The van der Waals surface area contributed by atoms with Gasteiger partial charge >= 0.3 is 0 Å². The molecule has 1 saturated carbocycles. The quantitative estimate of drug-likeness (QED) is 0.685. The maximum atomic E-state index is 2.61.